The lowest BCUT2D eigenvalue weighted by molar-refractivity contribution is -0.0251. The van der Waals surface area contributed by atoms with Gasteiger partial charge in [-0.25, -0.2) is 0 Å². The molecule has 1 aromatic carbocycles. The van der Waals surface area contributed by atoms with Gasteiger partial charge in [-0.2, -0.15) is 0 Å². The molecule has 20 heavy (non-hydrogen) atoms. The molecule has 2 N–H and O–H groups in total. The molecule has 110 valence electrons. The average Bonchev–Trinajstić information content (AvgIpc) is 2.76. The molecule has 0 radical (unpaired) electrons. The molecule has 1 heterocycles. The third kappa shape index (κ3) is 3.11. The van der Waals surface area contributed by atoms with Crippen LogP contribution in [0.25, 0.3) is 0 Å². The van der Waals surface area contributed by atoms with E-state index in [-0.39, 0.29) is 18.6 Å². The molecule has 1 aliphatic rings. The Bertz CT molecular complexity index is 490. The minimum absolute atomic E-state index is 0.179. The van der Waals surface area contributed by atoms with E-state index in [1.165, 1.54) is 0 Å². The van der Waals surface area contributed by atoms with Crippen molar-refractivity contribution in [1.82, 2.24) is 5.32 Å². The van der Waals surface area contributed by atoms with Crippen LogP contribution < -0.4 is 10.2 Å². The Morgan fingerprint density at radius 2 is 2.30 bits per heavy atom. The van der Waals surface area contributed by atoms with Gasteiger partial charge in [0.15, 0.2) is 0 Å². The molecular weight excluding hydrogens is 256 g/mol. The summed E-state index contributed by atoms with van der Waals surface area (Å²) in [4.78, 5) is 14.1. The van der Waals surface area contributed by atoms with Gasteiger partial charge in [0.2, 0.25) is 0 Å². The van der Waals surface area contributed by atoms with Crippen LogP contribution in [0.3, 0.4) is 0 Å². The van der Waals surface area contributed by atoms with Crippen molar-refractivity contribution >= 4 is 11.6 Å². The number of aliphatic hydroxyl groups is 1. The Kier molecular flexibility index (Phi) is 4.30. The Morgan fingerprint density at radius 3 is 2.90 bits per heavy atom. The van der Waals surface area contributed by atoms with Crippen molar-refractivity contribution < 1.29 is 14.6 Å². The zero-order valence-corrected chi connectivity index (χ0v) is 12.2. The molecule has 1 aromatic rings. The smallest absolute Gasteiger partial charge is 0.251 e. The number of hydrogen-bond donors (Lipinski definition) is 2. The summed E-state index contributed by atoms with van der Waals surface area (Å²) in [6, 6.07) is 7.38. The molecule has 1 fully saturated rings. The second kappa shape index (κ2) is 5.81. The normalized spacial score (nSPS) is 25.5. The summed E-state index contributed by atoms with van der Waals surface area (Å²) in [6.07, 6.45) is 0.294. The van der Waals surface area contributed by atoms with Crippen LogP contribution >= 0.6 is 0 Å². The number of nitrogens with zero attached hydrogens (tertiary/aromatic N) is 1. The molecule has 0 saturated carbocycles. The van der Waals surface area contributed by atoms with Gasteiger partial charge in [0.25, 0.3) is 5.91 Å². The van der Waals surface area contributed by atoms with Crippen LogP contribution in [0.2, 0.25) is 0 Å². The Labute approximate surface area is 119 Å². The van der Waals surface area contributed by atoms with E-state index < -0.39 is 5.60 Å². The number of carbonyl (C=O) groups is 1. The maximum Gasteiger partial charge on any atom is 0.251 e. The highest BCUT2D eigenvalue weighted by molar-refractivity contribution is 5.95. The predicted molar refractivity (Wildman–Crippen MR) is 78.1 cm³/mol. The third-order valence-electron chi connectivity index (χ3n) is 3.84. The Balaban J connectivity index is 2.00. The molecule has 1 amide bonds. The van der Waals surface area contributed by atoms with Gasteiger partial charge in [-0.1, -0.05) is 6.07 Å². The number of rotatable bonds is 4. The van der Waals surface area contributed by atoms with Crippen LogP contribution in [0.4, 0.5) is 5.69 Å². The van der Waals surface area contributed by atoms with Gasteiger partial charge in [-0.05, 0) is 25.1 Å². The first-order chi connectivity index (χ1) is 9.42. The third-order valence-corrected chi connectivity index (χ3v) is 3.84. The topological polar surface area (TPSA) is 61.8 Å². The van der Waals surface area contributed by atoms with Gasteiger partial charge in [0, 0.05) is 44.9 Å². The first kappa shape index (κ1) is 14.8. The summed E-state index contributed by atoms with van der Waals surface area (Å²) in [7, 11) is 3.86. The van der Waals surface area contributed by atoms with E-state index in [0.717, 1.165) is 5.69 Å². The lowest BCUT2D eigenvalue weighted by Crippen LogP contribution is -2.47. The summed E-state index contributed by atoms with van der Waals surface area (Å²) in [5.74, 6) is -0.179. The summed E-state index contributed by atoms with van der Waals surface area (Å²) in [6.45, 7) is 2.56. The minimum atomic E-state index is -0.963. The fourth-order valence-electron chi connectivity index (χ4n) is 2.26. The average molecular weight is 278 g/mol. The molecule has 0 spiro atoms. The molecular formula is C15H22N2O3. The number of nitrogens with one attached hydrogen (secondary N) is 1. The maximum absolute atomic E-state index is 12.1. The van der Waals surface area contributed by atoms with E-state index >= 15 is 0 Å². The standard InChI is InChI=1S/C15H22N2O3/c1-11-15(19,7-8-20-11)10-16-14(18)12-5-4-6-13(9-12)17(2)3/h4-6,9,11,19H,7-8,10H2,1-3H3,(H,16,18). The van der Waals surface area contributed by atoms with Crippen LogP contribution in [0.15, 0.2) is 24.3 Å². The largest absolute Gasteiger partial charge is 0.385 e. The number of anilines is 1. The maximum atomic E-state index is 12.1. The van der Waals surface area contributed by atoms with Gasteiger partial charge >= 0.3 is 0 Å². The fraction of sp³-hybridized carbons (Fsp3) is 0.533. The van der Waals surface area contributed by atoms with Gasteiger partial charge in [-0.15, -0.1) is 0 Å². The van der Waals surface area contributed by atoms with Crippen molar-refractivity contribution in [3.8, 4) is 0 Å². The monoisotopic (exact) mass is 278 g/mol. The van der Waals surface area contributed by atoms with E-state index in [2.05, 4.69) is 5.32 Å². The van der Waals surface area contributed by atoms with Gasteiger partial charge < -0.3 is 20.1 Å². The van der Waals surface area contributed by atoms with E-state index in [9.17, 15) is 9.90 Å². The Hall–Kier alpha value is -1.59. The first-order valence-corrected chi connectivity index (χ1v) is 6.82. The summed E-state index contributed by atoms with van der Waals surface area (Å²) < 4.78 is 5.35. The van der Waals surface area contributed by atoms with Crippen molar-refractivity contribution in [2.75, 3.05) is 32.1 Å². The molecule has 0 aliphatic carbocycles. The molecule has 2 rings (SSSR count). The van der Waals surface area contributed by atoms with Gasteiger partial charge in [0.1, 0.15) is 5.60 Å². The quantitative estimate of drug-likeness (QED) is 0.863. The number of carbonyl (C=O) groups excluding carboxylic acids is 1. The molecule has 1 aliphatic heterocycles. The second-order valence-corrected chi connectivity index (χ2v) is 5.49. The number of ether oxygens (including phenoxy) is 1. The highest BCUT2D eigenvalue weighted by atomic mass is 16.5. The molecule has 5 nitrogen and oxygen atoms in total. The number of benzene rings is 1. The summed E-state index contributed by atoms with van der Waals surface area (Å²) in [5.41, 5.74) is 0.592. The zero-order valence-electron chi connectivity index (χ0n) is 12.2. The first-order valence-electron chi connectivity index (χ1n) is 6.82. The highest BCUT2D eigenvalue weighted by Gasteiger charge is 2.39. The lowest BCUT2D eigenvalue weighted by Gasteiger charge is -2.26. The molecule has 1 saturated heterocycles. The van der Waals surface area contributed by atoms with Crippen molar-refractivity contribution in [3.63, 3.8) is 0 Å². The van der Waals surface area contributed by atoms with Crippen LogP contribution in [0, 0.1) is 0 Å². The minimum Gasteiger partial charge on any atom is -0.385 e. The predicted octanol–water partition coefficient (Wildman–Crippen LogP) is 1.02. The summed E-state index contributed by atoms with van der Waals surface area (Å²) in [5, 5.41) is 13.1. The van der Waals surface area contributed by atoms with E-state index in [1.54, 1.807) is 6.07 Å². The second-order valence-electron chi connectivity index (χ2n) is 5.49. The van der Waals surface area contributed by atoms with E-state index in [4.69, 9.17) is 4.74 Å². The Morgan fingerprint density at radius 1 is 1.55 bits per heavy atom. The van der Waals surface area contributed by atoms with Crippen molar-refractivity contribution in [2.45, 2.75) is 25.0 Å². The SMILES string of the molecule is CC1OCCC1(O)CNC(=O)c1cccc(N(C)C)c1. The molecule has 5 heteroatoms. The number of amides is 1. The van der Waals surface area contributed by atoms with Gasteiger partial charge in [-0.3, -0.25) is 4.79 Å². The van der Waals surface area contributed by atoms with Crippen LogP contribution in [0.5, 0.6) is 0 Å². The zero-order chi connectivity index (χ0) is 14.8. The van der Waals surface area contributed by atoms with E-state index in [1.807, 2.05) is 44.1 Å². The van der Waals surface area contributed by atoms with E-state index in [0.29, 0.717) is 18.6 Å². The van der Waals surface area contributed by atoms with Crippen LogP contribution in [0.1, 0.15) is 23.7 Å². The van der Waals surface area contributed by atoms with Crippen LogP contribution in [-0.4, -0.2) is 50.0 Å². The highest BCUT2D eigenvalue weighted by Crippen LogP contribution is 2.24. The lowest BCUT2D eigenvalue weighted by atomic mass is 9.96. The molecule has 2 unspecified atom stereocenters. The summed E-state index contributed by atoms with van der Waals surface area (Å²) >= 11 is 0. The molecule has 2 atom stereocenters. The number of hydrogen-bond acceptors (Lipinski definition) is 4. The molecule has 0 aromatic heterocycles. The van der Waals surface area contributed by atoms with Crippen molar-refractivity contribution in [3.05, 3.63) is 29.8 Å². The van der Waals surface area contributed by atoms with Crippen molar-refractivity contribution in [1.29, 1.82) is 0 Å². The van der Waals surface area contributed by atoms with Gasteiger partial charge in [0.05, 0.1) is 6.10 Å². The molecule has 0 bridgehead atoms. The van der Waals surface area contributed by atoms with Crippen molar-refractivity contribution in [2.24, 2.45) is 0 Å². The fourth-order valence-corrected chi connectivity index (χ4v) is 2.26. The van der Waals surface area contributed by atoms with Crippen LogP contribution in [-0.2, 0) is 4.74 Å².